The zero-order valence-corrected chi connectivity index (χ0v) is 47.1. The van der Waals surface area contributed by atoms with Crippen molar-refractivity contribution in [2.45, 2.75) is 344 Å². The molecule has 0 saturated carbocycles. The van der Waals surface area contributed by atoms with Crippen molar-refractivity contribution < 1.29 is 64.6 Å². The van der Waals surface area contributed by atoms with Gasteiger partial charge in [0.25, 0.3) is 0 Å². The van der Waals surface area contributed by atoms with Gasteiger partial charge in [0, 0.05) is 6.42 Å². The van der Waals surface area contributed by atoms with Crippen LogP contribution in [0.4, 0.5) is 0 Å². The molecule has 2 rings (SSSR count). The minimum atomic E-state index is -1.78. The molecule has 2 fully saturated rings. The largest absolute Gasteiger partial charge is 0.394 e. The van der Waals surface area contributed by atoms with E-state index >= 15 is 0 Å². The number of hydrogen-bond donors (Lipinski definition) is 9. The van der Waals surface area contributed by atoms with Gasteiger partial charge in [-0.15, -0.1) is 0 Å². The van der Waals surface area contributed by atoms with Gasteiger partial charge in [-0.2, -0.15) is 0 Å². The number of aliphatic hydroxyl groups is 8. The molecule has 0 aromatic carbocycles. The van der Waals surface area contributed by atoms with Gasteiger partial charge in [-0.1, -0.05) is 238 Å². The van der Waals surface area contributed by atoms with Crippen molar-refractivity contribution in [1.29, 1.82) is 0 Å². The maximum Gasteiger partial charge on any atom is 0.220 e. The van der Waals surface area contributed by atoms with Crippen molar-refractivity contribution in [2.24, 2.45) is 0 Å². The van der Waals surface area contributed by atoms with Crippen molar-refractivity contribution in [3.63, 3.8) is 0 Å². The molecular formula is C60H115NO13. The Morgan fingerprint density at radius 1 is 0.473 bits per heavy atom. The van der Waals surface area contributed by atoms with E-state index in [-0.39, 0.29) is 12.5 Å². The van der Waals surface area contributed by atoms with E-state index in [0.717, 1.165) is 64.2 Å². The molecule has 2 saturated heterocycles. The minimum Gasteiger partial charge on any atom is -0.394 e. The number of allylic oxidation sites excluding steroid dienone is 2. The first-order valence-electron chi connectivity index (χ1n) is 30.9. The molecule has 0 radical (unpaired) electrons. The second-order valence-electron chi connectivity index (χ2n) is 22.2. The zero-order valence-electron chi connectivity index (χ0n) is 47.1. The second-order valence-corrected chi connectivity index (χ2v) is 22.2. The lowest BCUT2D eigenvalue weighted by atomic mass is 9.97. The molecule has 9 N–H and O–H groups in total. The summed E-state index contributed by atoms with van der Waals surface area (Å²) in [4.78, 5) is 13.3. The van der Waals surface area contributed by atoms with Gasteiger partial charge in [-0.3, -0.25) is 4.79 Å². The molecule has 1 amide bonds. The fourth-order valence-corrected chi connectivity index (χ4v) is 10.5. The van der Waals surface area contributed by atoms with Crippen molar-refractivity contribution in [2.75, 3.05) is 19.8 Å². The Labute approximate surface area is 450 Å². The molecule has 0 aromatic heterocycles. The Morgan fingerprint density at radius 3 is 1.28 bits per heavy atom. The predicted molar refractivity (Wildman–Crippen MR) is 295 cm³/mol. The number of unbranched alkanes of at least 4 members (excludes halogenated alkanes) is 35. The van der Waals surface area contributed by atoms with Gasteiger partial charge in [-0.05, 0) is 38.5 Å². The van der Waals surface area contributed by atoms with Gasteiger partial charge in [-0.25, -0.2) is 0 Å². The number of aliphatic hydroxyl groups excluding tert-OH is 8. The number of amides is 1. The molecule has 0 aromatic rings. The predicted octanol–water partition coefficient (Wildman–Crippen LogP) is 10.7. The normalized spacial score (nSPS) is 25.2. The van der Waals surface area contributed by atoms with E-state index in [1.54, 1.807) is 0 Å². The third-order valence-corrected chi connectivity index (χ3v) is 15.5. The molecule has 2 aliphatic heterocycles. The van der Waals surface area contributed by atoms with Gasteiger partial charge in [0.15, 0.2) is 12.6 Å². The van der Waals surface area contributed by atoms with Gasteiger partial charge in [0.2, 0.25) is 5.91 Å². The van der Waals surface area contributed by atoms with Crippen molar-refractivity contribution in [1.82, 2.24) is 5.32 Å². The van der Waals surface area contributed by atoms with Gasteiger partial charge in [0.1, 0.15) is 48.8 Å². The van der Waals surface area contributed by atoms with Crippen LogP contribution in [0.25, 0.3) is 0 Å². The van der Waals surface area contributed by atoms with E-state index in [1.807, 2.05) is 0 Å². The molecular weight excluding hydrogens is 943 g/mol. The molecule has 0 spiro atoms. The smallest absolute Gasteiger partial charge is 0.220 e. The molecule has 14 nitrogen and oxygen atoms in total. The number of rotatable bonds is 50. The Morgan fingerprint density at radius 2 is 0.851 bits per heavy atom. The first-order valence-corrected chi connectivity index (χ1v) is 30.9. The maximum atomic E-state index is 13.3. The third-order valence-electron chi connectivity index (χ3n) is 15.5. The second kappa shape index (κ2) is 46.6. The van der Waals surface area contributed by atoms with E-state index in [9.17, 15) is 45.6 Å². The quantitative estimate of drug-likeness (QED) is 0.0204. The van der Waals surface area contributed by atoms with Crippen LogP contribution in [0.3, 0.4) is 0 Å². The van der Waals surface area contributed by atoms with Crippen LogP contribution in [0, 0.1) is 0 Å². The van der Waals surface area contributed by atoms with Crippen LogP contribution in [0.15, 0.2) is 12.2 Å². The summed E-state index contributed by atoms with van der Waals surface area (Å²) in [6.45, 7) is 2.88. The Hall–Kier alpha value is -1.27. The van der Waals surface area contributed by atoms with E-state index in [2.05, 4.69) is 31.3 Å². The summed E-state index contributed by atoms with van der Waals surface area (Å²) in [6, 6.07) is -0.830. The molecule has 2 heterocycles. The van der Waals surface area contributed by atoms with Crippen molar-refractivity contribution in [3.05, 3.63) is 12.2 Å². The lowest BCUT2D eigenvalue weighted by molar-refractivity contribution is -0.359. The molecule has 74 heavy (non-hydrogen) atoms. The Bertz CT molecular complexity index is 1290. The number of ether oxygens (including phenoxy) is 4. The van der Waals surface area contributed by atoms with E-state index < -0.39 is 86.8 Å². The molecule has 0 aliphatic carbocycles. The molecule has 12 atom stereocenters. The number of carbonyl (C=O) groups is 1. The SMILES string of the molecule is CCCCCCCCC/C=C\CCCCCCCC(=O)NC(COC1OC(CO)C(OC2OC(CO)C(O)C(O)C2O)C(O)C1O)C(O)CCCCCCCCCCCCCCCCCCCCCCCCCC. The van der Waals surface area contributed by atoms with Crippen LogP contribution < -0.4 is 5.32 Å². The third kappa shape index (κ3) is 32.0. The average molecular weight is 1060 g/mol. The molecule has 2 aliphatic rings. The van der Waals surface area contributed by atoms with Crippen LogP contribution in [0.5, 0.6) is 0 Å². The van der Waals surface area contributed by atoms with Crippen molar-refractivity contribution >= 4 is 5.91 Å². The van der Waals surface area contributed by atoms with Gasteiger partial charge >= 0.3 is 0 Å². The summed E-state index contributed by atoms with van der Waals surface area (Å²) in [7, 11) is 0. The van der Waals surface area contributed by atoms with E-state index in [1.165, 1.54) is 173 Å². The summed E-state index contributed by atoms with van der Waals surface area (Å²) in [5, 5.41) is 87.3. The molecule has 438 valence electrons. The van der Waals surface area contributed by atoms with E-state index in [4.69, 9.17) is 18.9 Å². The number of carbonyl (C=O) groups excluding carboxylic acids is 1. The zero-order chi connectivity index (χ0) is 53.9. The van der Waals surface area contributed by atoms with Crippen LogP contribution in [0.2, 0.25) is 0 Å². The Kier molecular flexibility index (Phi) is 43.4. The van der Waals surface area contributed by atoms with Crippen LogP contribution in [-0.2, 0) is 23.7 Å². The number of hydrogen-bond acceptors (Lipinski definition) is 13. The first-order chi connectivity index (χ1) is 36.1. The average Bonchev–Trinajstić information content (AvgIpc) is 3.40. The summed E-state index contributed by atoms with van der Waals surface area (Å²) in [5.41, 5.74) is 0. The summed E-state index contributed by atoms with van der Waals surface area (Å²) in [5.74, 6) is -0.211. The highest BCUT2D eigenvalue weighted by Crippen LogP contribution is 2.30. The van der Waals surface area contributed by atoms with Crippen molar-refractivity contribution in [3.8, 4) is 0 Å². The maximum absolute atomic E-state index is 13.3. The van der Waals surface area contributed by atoms with Gasteiger partial charge < -0.3 is 65.1 Å². The molecule has 14 heteroatoms. The minimum absolute atomic E-state index is 0.211. The summed E-state index contributed by atoms with van der Waals surface area (Å²) < 4.78 is 22.8. The van der Waals surface area contributed by atoms with Crippen LogP contribution in [-0.4, -0.2) is 140 Å². The Balaban J connectivity index is 1.73. The highest BCUT2D eigenvalue weighted by Gasteiger charge is 2.51. The molecule has 12 unspecified atom stereocenters. The molecule has 0 bridgehead atoms. The topological polar surface area (TPSA) is 228 Å². The lowest BCUT2D eigenvalue weighted by Crippen LogP contribution is -2.65. The van der Waals surface area contributed by atoms with E-state index in [0.29, 0.717) is 19.3 Å². The lowest BCUT2D eigenvalue weighted by Gasteiger charge is -2.46. The monoisotopic (exact) mass is 1060 g/mol. The van der Waals surface area contributed by atoms with Gasteiger partial charge in [0.05, 0.1) is 32.0 Å². The summed E-state index contributed by atoms with van der Waals surface area (Å²) >= 11 is 0. The standard InChI is InChI=1S/C60H115NO13/c1-3-5-7-9-11-13-15-17-19-21-22-23-24-25-26-27-28-29-31-33-35-37-39-41-43-49(64)48(61-52(65)44-42-40-38-36-34-32-30-20-18-16-14-12-10-8-6-4-2)47-71-59-57(70)55(68)58(51(46-63)73-59)74-60-56(69)54(67)53(66)50(45-62)72-60/h20,30,48-51,53-60,62-64,66-70H,3-19,21-29,31-47H2,1-2H3,(H,61,65)/b30-20-. The highest BCUT2D eigenvalue weighted by atomic mass is 16.7. The van der Waals surface area contributed by atoms with Crippen LogP contribution in [0.1, 0.15) is 271 Å². The number of nitrogens with one attached hydrogen (secondary N) is 1. The fourth-order valence-electron chi connectivity index (χ4n) is 10.5. The fraction of sp³-hybridized carbons (Fsp3) is 0.950. The van der Waals surface area contributed by atoms with Crippen LogP contribution >= 0.6 is 0 Å². The first kappa shape index (κ1) is 68.8. The highest BCUT2D eigenvalue weighted by molar-refractivity contribution is 5.76. The summed E-state index contributed by atoms with van der Waals surface area (Å²) in [6.07, 6.45) is 36.4.